The van der Waals surface area contributed by atoms with Gasteiger partial charge in [-0.15, -0.1) is 10.2 Å². The lowest BCUT2D eigenvalue weighted by atomic mass is 10.1. The Morgan fingerprint density at radius 2 is 1.97 bits per heavy atom. The van der Waals surface area contributed by atoms with Gasteiger partial charge in [0.1, 0.15) is 0 Å². The highest BCUT2D eigenvalue weighted by Crippen LogP contribution is 2.26. The molecule has 0 radical (unpaired) electrons. The predicted octanol–water partition coefficient (Wildman–Crippen LogP) is 3.62. The van der Waals surface area contributed by atoms with Gasteiger partial charge in [-0.25, -0.2) is 5.43 Å². The highest BCUT2D eigenvalue weighted by Gasteiger charge is 2.14. The van der Waals surface area contributed by atoms with E-state index in [9.17, 15) is 9.90 Å². The number of hydrazone groups is 1. The van der Waals surface area contributed by atoms with Crippen molar-refractivity contribution in [1.29, 1.82) is 0 Å². The molecular formula is C22H25N5O3S. The van der Waals surface area contributed by atoms with E-state index in [0.29, 0.717) is 23.2 Å². The molecule has 0 aliphatic rings. The van der Waals surface area contributed by atoms with E-state index in [1.165, 1.54) is 30.5 Å². The van der Waals surface area contributed by atoms with Crippen LogP contribution in [0.5, 0.6) is 11.5 Å². The number of aromatic nitrogens is 3. The maximum Gasteiger partial charge on any atom is 0.250 e. The molecule has 0 saturated heterocycles. The first kappa shape index (κ1) is 22.4. The second kappa shape index (κ2) is 10.1. The van der Waals surface area contributed by atoms with Crippen LogP contribution in [0.1, 0.15) is 25.0 Å². The van der Waals surface area contributed by atoms with Crippen LogP contribution in [0, 0.1) is 6.92 Å². The summed E-state index contributed by atoms with van der Waals surface area (Å²) in [5, 5.41) is 23.1. The molecule has 1 amide bonds. The third kappa shape index (κ3) is 5.43. The van der Waals surface area contributed by atoms with Crippen molar-refractivity contribution in [3.8, 4) is 22.9 Å². The first-order valence-corrected chi connectivity index (χ1v) is 10.7. The van der Waals surface area contributed by atoms with E-state index in [-0.39, 0.29) is 17.4 Å². The average molecular weight is 440 g/mol. The molecule has 0 saturated carbocycles. The fourth-order valence-electron chi connectivity index (χ4n) is 2.87. The van der Waals surface area contributed by atoms with Gasteiger partial charge in [0, 0.05) is 17.7 Å². The molecule has 3 rings (SSSR count). The van der Waals surface area contributed by atoms with Crippen molar-refractivity contribution in [2.45, 2.75) is 32.5 Å². The molecule has 2 aromatic carbocycles. The Morgan fingerprint density at radius 3 is 2.65 bits per heavy atom. The number of nitrogens with one attached hydrogen (secondary N) is 1. The molecule has 1 aromatic heterocycles. The zero-order chi connectivity index (χ0) is 22.4. The van der Waals surface area contributed by atoms with Crippen molar-refractivity contribution in [3.05, 3.63) is 53.6 Å². The van der Waals surface area contributed by atoms with Crippen molar-refractivity contribution in [2.24, 2.45) is 5.10 Å². The van der Waals surface area contributed by atoms with E-state index in [1.54, 1.807) is 19.1 Å². The predicted molar refractivity (Wildman–Crippen MR) is 122 cm³/mol. The second-order valence-electron chi connectivity index (χ2n) is 6.82. The molecule has 0 atom stereocenters. The standard InChI is InChI=1S/C22H25N5O3S/c1-5-27-21(16-8-6-14(2)7-9-16)25-26-22(27)31-13-20(29)24-23-15(3)17-10-11-18(28)19(12-17)30-4/h6-12,28H,5,13H2,1-4H3,(H,24,29)/b23-15+. The van der Waals surface area contributed by atoms with Crippen LogP contribution in [0.2, 0.25) is 0 Å². The number of benzene rings is 2. The summed E-state index contributed by atoms with van der Waals surface area (Å²) in [6, 6.07) is 13.0. The number of ether oxygens (including phenoxy) is 1. The van der Waals surface area contributed by atoms with Gasteiger partial charge in [-0.2, -0.15) is 5.10 Å². The smallest absolute Gasteiger partial charge is 0.250 e. The minimum Gasteiger partial charge on any atom is -0.504 e. The fraction of sp³-hybridized carbons (Fsp3) is 0.273. The van der Waals surface area contributed by atoms with E-state index >= 15 is 0 Å². The maximum absolute atomic E-state index is 12.3. The minimum atomic E-state index is -0.252. The molecule has 31 heavy (non-hydrogen) atoms. The largest absolute Gasteiger partial charge is 0.504 e. The molecule has 0 aliphatic carbocycles. The van der Waals surface area contributed by atoms with Crippen LogP contribution in [-0.2, 0) is 11.3 Å². The molecule has 3 aromatic rings. The van der Waals surface area contributed by atoms with Crippen LogP contribution in [-0.4, -0.2) is 44.4 Å². The minimum absolute atomic E-state index is 0.0459. The number of hydrogen-bond acceptors (Lipinski definition) is 7. The van der Waals surface area contributed by atoms with Crippen molar-refractivity contribution < 1.29 is 14.6 Å². The number of carbonyl (C=O) groups is 1. The summed E-state index contributed by atoms with van der Waals surface area (Å²) in [4.78, 5) is 12.3. The van der Waals surface area contributed by atoms with Gasteiger partial charge in [0.15, 0.2) is 22.5 Å². The topological polar surface area (TPSA) is 102 Å². The van der Waals surface area contributed by atoms with Gasteiger partial charge in [-0.3, -0.25) is 4.79 Å². The summed E-state index contributed by atoms with van der Waals surface area (Å²) >= 11 is 1.31. The number of amides is 1. The monoisotopic (exact) mass is 439 g/mol. The summed E-state index contributed by atoms with van der Waals surface area (Å²) in [5.74, 6) is 1.07. The van der Waals surface area contributed by atoms with Gasteiger partial charge >= 0.3 is 0 Å². The molecule has 0 unspecified atom stereocenters. The van der Waals surface area contributed by atoms with Gasteiger partial charge < -0.3 is 14.4 Å². The summed E-state index contributed by atoms with van der Waals surface area (Å²) in [7, 11) is 1.48. The summed E-state index contributed by atoms with van der Waals surface area (Å²) in [5.41, 5.74) is 6.04. The van der Waals surface area contributed by atoms with Gasteiger partial charge in [0.2, 0.25) is 0 Å². The Kier molecular flexibility index (Phi) is 7.30. The van der Waals surface area contributed by atoms with E-state index < -0.39 is 0 Å². The first-order valence-electron chi connectivity index (χ1n) is 9.76. The lowest BCUT2D eigenvalue weighted by Gasteiger charge is -2.08. The van der Waals surface area contributed by atoms with Crippen molar-refractivity contribution in [2.75, 3.05) is 12.9 Å². The third-order valence-corrected chi connectivity index (χ3v) is 5.59. The van der Waals surface area contributed by atoms with Gasteiger partial charge in [0.25, 0.3) is 5.91 Å². The normalized spacial score (nSPS) is 11.4. The Bertz CT molecular complexity index is 1090. The number of thioether (sulfide) groups is 1. The van der Waals surface area contributed by atoms with Crippen molar-refractivity contribution >= 4 is 23.4 Å². The van der Waals surface area contributed by atoms with Crippen LogP contribution < -0.4 is 10.2 Å². The highest BCUT2D eigenvalue weighted by atomic mass is 32.2. The molecule has 2 N–H and O–H groups in total. The number of nitrogens with zero attached hydrogens (tertiary/aromatic N) is 4. The number of aromatic hydroxyl groups is 1. The average Bonchev–Trinajstić information content (AvgIpc) is 3.19. The van der Waals surface area contributed by atoms with E-state index in [2.05, 4.69) is 20.7 Å². The van der Waals surface area contributed by atoms with Crippen LogP contribution in [0.15, 0.2) is 52.7 Å². The number of carbonyl (C=O) groups excluding carboxylic acids is 1. The number of aryl methyl sites for hydroxylation is 1. The first-order chi connectivity index (χ1) is 14.9. The van der Waals surface area contributed by atoms with Crippen LogP contribution in [0.3, 0.4) is 0 Å². The molecule has 8 nitrogen and oxygen atoms in total. The Labute approximate surface area is 185 Å². The zero-order valence-electron chi connectivity index (χ0n) is 17.9. The van der Waals surface area contributed by atoms with Crippen LogP contribution >= 0.6 is 11.8 Å². The number of methoxy groups -OCH3 is 1. The Hall–Kier alpha value is -3.33. The van der Waals surface area contributed by atoms with E-state index in [0.717, 1.165) is 17.0 Å². The number of rotatable bonds is 8. The lowest BCUT2D eigenvalue weighted by Crippen LogP contribution is -2.21. The molecule has 0 spiro atoms. The summed E-state index contributed by atoms with van der Waals surface area (Å²) < 4.78 is 7.09. The summed E-state index contributed by atoms with van der Waals surface area (Å²) in [6.07, 6.45) is 0. The Balaban J connectivity index is 1.63. The molecule has 9 heteroatoms. The van der Waals surface area contributed by atoms with Gasteiger partial charge in [0.05, 0.1) is 18.6 Å². The van der Waals surface area contributed by atoms with Gasteiger partial charge in [-0.05, 0) is 39.0 Å². The number of phenols is 1. The quantitative estimate of drug-likeness (QED) is 0.316. The molecule has 0 aliphatic heterocycles. The highest BCUT2D eigenvalue weighted by molar-refractivity contribution is 7.99. The molecule has 0 bridgehead atoms. The third-order valence-electron chi connectivity index (χ3n) is 4.62. The van der Waals surface area contributed by atoms with E-state index in [4.69, 9.17) is 4.74 Å². The molecule has 1 heterocycles. The number of phenolic OH excluding ortho intramolecular Hbond substituents is 1. The SMILES string of the molecule is CCn1c(SCC(=O)N/N=C(\C)c2ccc(O)c(OC)c2)nnc1-c1ccc(C)cc1. The van der Waals surface area contributed by atoms with Gasteiger partial charge in [-0.1, -0.05) is 41.6 Å². The maximum atomic E-state index is 12.3. The molecule has 162 valence electrons. The molecule has 0 fully saturated rings. The van der Waals surface area contributed by atoms with Crippen LogP contribution in [0.4, 0.5) is 0 Å². The number of hydrogen-bond donors (Lipinski definition) is 2. The van der Waals surface area contributed by atoms with Crippen molar-refractivity contribution in [1.82, 2.24) is 20.2 Å². The second-order valence-corrected chi connectivity index (χ2v) is 7.77. The lowest BCUT2D eigenvalue weighted by molar-refractivity contribution is -0.118. The zero-order valence-corrected chi connectivity index (χ0v) is 18.7. The van der Waals surface area contributed by atoms with Crippen molar-refractivity contribution in [3.63, 3.8) is 0 Å². The summed E-state index contributed by atoms with van der Waals surface area (Å²) in [6.45, 7) is 6.52. The Morgan fingerprint density at radius 1 is 1.23 bits per heavy atom. The fourth-order valence-corrected chi connectivity index (χ4v) is 3.67. The van der Waals surface area contributed by atoms with E-state index in [1.807, 2.05) is 42.7 Å². The molecular weight excluding hydrogens is 414 g/mol. The van der Waals surface area contributed by atoms with Crippen LogP contribution in [0.25, 0.3) is 11.4 Å².